The fourth-order valence-corrected chi connectivity index (χ4v) is 6.18. The number of unbranched alkanes of at least 4 members (excludes halogenated alkanes) is 20. The van der Waals surface area contributed by atoms with E-state index in [0.717, 1.165) is 51.4 Å². The maximum Gasteiger partial charge on any atom is 0.268 e. The number of hydrogen-bond acceptors (Lipinski definition) is 6. The molecule has 8 nitrogen and oxygen atoms in total. The highest BCUT2D eigenvalue weighted by Crippen LogP contribution is 2.38. The molecule has 2 N–H and O–H groups in total. The smallest absolute Gasteiger partial charge is 0.268 e. The summed E-state index contributed by atoms with van der Waals surface area (Å²) in [6, 6.07) is -0.894. The Morgan fingerprint density at radius 3 is 1.69 bits per heavy atom. The van der Waals surface area contributed by atoms with Crippen LogP contribution in [0, 0.1) is 0 Å². The van der Waals surface area contributed by atoms with Gasteiger partial charge in [0.15, 0.2) is 0 Å². The normalized spacial score (nSPS) is 14.9. The molecule has 0 aromatic rings. The largest absolute Gasteiger partial charge is 0.756 e. The number of hydrogen-bond donors (Lipinski definition) is 2. The van der Waals surface area contributed by atoms with Gasteiger partial charge in [0.1, 0.15) is 13.2 Å². The van der Waals surface area contributed by atoms with Gasteiger partial charge in [-0.3, -0.25) is 9.36 Å². The summed E-state index contributed by atoms with van der Waals surface area (Å²) in [7, 11) is 1.24. The molecule has 48 heavy (non-hydrogen) atoms. The molecule has 3 atom stereocenters. The zero-order chi connectivity index (χ0) is 35.8. The average molecular weight is 701 g/mol. The van der Waals surface area contributed by atoms with Crippen LogP contribution < -0.4 is 10.2 Å². The number of likely N-dealkylation sites (N-methyl/N-ethyl adjacent to an activating group) is 1. The molecule has 0 aromatic heterocycles. The van der Waals surface area contributed by atoms with Crippen molar-refractivity contribution < 1.29 is 32.9 Å². The predicted molar refractivity (Wildman–Crippen MR) is 201 cm³/mol. The van der Waals surface area contributed by atoms with Crippen LogP contribution in [0.15, 0.2) is 24.3 Å². The van der Waals surface area contributed by atoms with Crippen LogP contribution in [0.2, 0.25) is 0 Å². The summed E-state index contributed by atoms with van der Waals surface area (Å²) < 4.78 is 22.9. The van der Waals surface area contributed by atoms with Gasteiger partial charge >= 0.3 is 0 Å². The molecule has 0 spiro atoms. The standard InChI is InChI=1S/C39H77N2O6P/c1-6-8-10-12-13-14-15-16-17-18-19-20-21-22-23-24-25-26-27-29-30-32-38(42)37(40-39(43)33-31-28-11-9-7-2)36-47-48(44,45)46-35-34-41(3,4)5/h25-26,30,32,37-38,42H,6-24,27-29,31,33-36H2,1-5H3,(H-,40,43,44,45)/b26-25+,32-30+. The van der Waals surface area contributed by atoms with E-state index in [2.05, 4.69) is 31.3 Å². The number of phosphoric acid groups is 1. The number of amides is 1. The molecule has 1 amide bonds. The number of phosphoric ester groups is 1. The highest BCUT2D eigenvalue weighted by Gasteiger charge is 2.23. The Morgan fingerprint density at radius 1 is 0.708 bits per heavy atom. The van der Waals surface area contributed by atoms with Crippen molar-refractivity contribution in [1.29, 1.82) is 0 Å². The van der Waals surface area contributed by atoms with Crippen molar-refractivity contribution in [2.75, 3.05) is 40.9 Å². The number of allylic oxidation sites excluding steroid dienone is 3. The highest BCUT2D eigenvalue weighted by molar-refractivity contribution is 7.45. The van der Waals surface area contributed by atoms with Gasteiger partial charge in [0.05, 0.1) is 39.9 Å². The third kappa shape index (κ3) is 33.5. The molecule has 0 saturated carbocycles. The summed E-state index contributed by atoms with van der Waals surface area (Å²) in [6.45, 7) is 4.52. The van der Waals surface area contributed by atoms with E-state index in [1.165, 1.54) is 96.3 Å². The van der Waals surface area contributed by atoms with Crippen molar-refractivity contribution in [3.63, 3.8) is 0 Å². The van der Waals surface area contributed by atoms with Crippen molar-refractivity contribution in [3.05, 3.63) is 24.3 Å². The van der Waals surface area contributed by atoms with E-state index in [4.69, 9.17) is 9.05 Å². The van der Waals surface area contributed by atoms with E-state index in [9.17, 15) is 19.4 Å². The Labute approximate surface area is 296 Å². The van der Waals surface area contributed by atoms with E-state index < -0.39 is 26.6 Å². The van der Waals surface area contributed by atoms with Gasteiger partial charge in [-0.1, -0.05) is 154 Å². The maximum atomic E-state index is 12.6. The highest BCUT2D eigenvalue weighted by atomic mass is 31.2. The van der Waals surface area contributed by atoms with Crippen LogP contribution in [0.25, 0.3) is 0 Å². The van der Waals surface area contributed by atoms with Gasteiger partial charge in [0, 0.05) is 6.42 Å². The molecule has 0 aliphatic carbocycles. The third-order valence-corrected chi connectivity index (χ3v) is 9.63. The molecule has 0 saturated heterocycles. The van der Waals surface area contributed by atoms with Crippen LogP contribution in [0.1, 0.15) is 168 Å². The lowest BCUT2D eigenvalue weighted by molar-refractivity contribution is -0.870. The summed E-state index contributed by atoms with van der Waals surface area (Å²) in [4.78, 5) is 24.9. The van der Waals surface area contributed by atoms with Gasteiger partial charge in [-0.25, -0.2) is 0 Å². The van der Waals surface area contributed by atoms with E-state index in [1.54, 1.807) is 6.08 Å². The quantitative estimate of drug-likeness (QED) is 0.0295. The molecule has 0 rings (SSSR count). The van der Waals surface area contributed by atoms with Crippen molar-refractivity contribution in [3.8, 4) is 0 Å². The zero-order valence-electron chi connectivity index (χ0n) is 31.9. The maximum absolute atomic E-state index is 12.6. The predicted octanol–water partition coefficient (Wildman–Crippen LogP) is 9.55. The first kappa shape index (κ1) is 47.0. The summed E-state index contributed by atoms with van der Waals surface area (Å²) in [6.07, 6.45) is 35.6. The molecule has 0 aliphatic heterocycles. The SMILES string of the molecule is CCCCCCCCCCCCCCCCC/C=C/CC/C=C/C(O)C(COP(=O)([O-])OCC[N+](C)(C)C)NC(=O)CCCCCCC. The second-order valence-corrected chi connectivity index (χ2v) is 16.0. The Hall–Kier alpha value is -1.02. The van der Waals surface area contributed by atoms with Gasteiger partial charge in [-0.15, -0.1) is 0 Å². The number of quaternary nitrogens is 1. The number of rotatable bonds is 35. The Kier molecular flexibility index (Phi) is 31.2. The number of aliphatic hydroxyl groups excluding tert-OH is 1. The fourth-order valence-electron chi connectivity index (χ4n) is 5.46. The Balaban J connectivity index is 4.29. The van der Waals surface area contributed by atoms with Gasteiger partial charge in [0.25, 0.3) is 7.82 Å². The average Bonchev–Trinajstić information content (AvgIpc) is 3.02. The van der Waals surface area contributed by atoms with Gasteiger partial charge in [-0.2, -0.15) is 0 Å². The van der Waals surface area contributed by atoms with Crippen molar-refractivity contribution in [1.82, 2.24) is 5.32 Å². The Bertz CT molecular complexity index is 845. The summed E-state index contributed by atoms with van der Waals surface area (Å²) in [5.41, 5.74) is 0. The van der Waals surface area contributed by atoms with E-state index >= 15 is 0 Å². The summed E-state index contributed by atoms with van der Waals surface area (Å²) in [5, 5.41) is 13.6. The van der Waals surface area contributed by atoms with Crippen molar-refractivity contribution in [2.45, 2.75) is 180 Å². The van der Waals surface area contributed by atoms with Crippen LogP contribution in [0.3, 0.4) is 0 Å². The molecule has 0 radical (unpaired) electrons. The lowest BCUT2D eigenvalue weighted by Crippen LogP contribution is -2.45. The number of nitrogens with one attached hydrogen (secondary N) is 1. The minimum absolute atomic E-state index is 0.00548. The van der Waals surface area contributed by atoms with Crippen LogP contribution in [-0.2, 0) is 18.4 Å². The van der Waals surface area contributed by atoms with E-state index in [-0.39, 0.29) is 12.5 Å². The number of carbonyl (C=O) groups excluding carboxylic acids is 1. The molecule has 3 unspecified atom stereocenters. The van der Waals surface area contributed by atoms with Gasteiger partial charge in [0.2, 0.25) is 5.91 Å². The second-order valence-electron chi connectivity index (χ2n) is 14.6. The zero-order valence-corrected chi connectivity index (χ0v) is 32.8. The molecule has 0 heterocycles. The topological polar surface area (TPSA) is 108 Å². The first-order valence-electron chi connectivity index (χ1n) is 19.7. The second kappa shape index (κ2) is 31.9. The lowest BCUT2D eigenvalue weighted by atomic mass is 10.0. The molecule has 0 aromatic carbocycles. The van der Waals surface area contributed by atoms with Crippen LogP contribution >= 0.6 is 7.82 Å². The van der Waals surface area contributed by atoms with Crippen LogP contribution in [0.4, 0.5) is 0 Å². The molecular formula is C39H77N2O6P. The number of carbonyl (C=O) groups is 1. The van der Waals surface area contributed by atoms with Gasteiger partial charge in [-0.05, 0) is 32.1 Å². The molecule has 9 heteroatoms. The van der Waals surface area contributed by atoms with Crippen LogP contribution in [0.5, 0.6) is 0 Å². The third-order valence-electron chi connectivity index (χ3n) is 8.66. The minimum Gasteiger partial charge on any atom is -0.756 e. The van der Waals surface area contributed by atoms with Gasteiger partial charge < -0.3 is 28.8 Å². The fraction of sp³-hybridized carbons (Fsp3) is 0.872. The van der Waals surface area contributed by atoms with Crippen molar-refractivity contribution in [2.24, 2.45) is 0 Å². The number of aliphatic hydroxyl groups is 1. The first-order valence-corrected chi connectivity index (χ1v) is 21.2. The number of nitrogens with zero attached hydrogens (tertiary/aromatic N) is 1. The van der Waals surface area contributed by atoms with Crippen molar-refractivity contribution >= 4 is 13.7 Å². The van der Waals surface area contributed by atoms with E-state index in [0.29, 0.717) is 17.4 Å². The minimum atomic E-state index is -4.57. The molecule has 0 aliphatic rings. The van der Waals surface area contributed by atoms with E-state index in [1.807, 2.05) is 27.2 Å². The molecule has 0 fully saturated rings. The van der Waals surface area contributed by atoms with Crippen LogP contribution in [-0.4, -0.2) is 68.5 Å². The summed E-state index contributed by atoms with van der Waals surface area (Å²) >= 11 is 0. The summed E-state index contributed by atoms with van der Waals surface area (Å²) in [5.74, 6) is -0.221. The molecule has 0 bridgehead atoms. The first-order chi connectivity index (χ1) is 23.0. The molecule has 284 valence electrons. The molecular weight excluding hydrogens is 623 g/mol. The monoisotopic (exact) mass is 701 g/mol. The lowest BCUT2D eigenvalue weighted by Gasteiger charge is -2.29. The Morgan fingerprint density at radius 2 is 1.17 bits per heavy atom.